The van der Waals surface area contributed by atoms with Crippen molar-refractivity contribution in [2.24, 2.45) is 0 Å². The number of hydrogen-bond donors (Lipinski definition) is 0. The number of nitrogens with zero attached hydrogens (tertiary/aromatic N) is 2. The molecule has 158 valence electrons. The molecule has 2 amide bonds. The van der Waals surface area contributed by atoms with Crippen LogP contribution in [0.25, 0.3) is 0 Å². The van der Waals surface area contributed by atoms with Crippen molar-refractivity contribution in [3.8, 4) is 0 Å². The molecule has 1 unspecified atom stereocenters. The Morgan fingerprint density at radius 3 is 2.06 bits per heavy atom. The van der Waals surface area contributed by atoms with Crippen LogP contribution in [0.15, 0.2) is 89.8 Å². The van der Waals surface area contributed by atoms with Crippen molar-refractivity contribution < 1.29 is 18.0 Å². The van der Waals surface area contributed by atoms with Crippen molar-refractivity contribution in [3.63, 3.8) is 0 Å². The molecule has 0 aromatic heterocycles. The zero-order valence-corrected chi connectivity index (χ0v) is 18.0. The maximum absolute atomic E-state index is 13.5. The van der Waals surface area contributed by atoms with E-state index in [9.17, 15) is 18.0 Å². The number of sulfonamides is 1. The standard InChI is InChI=1S/C23H19ClN2O4S/c24-18-11-13-20(14-12-18)31(29,30)25(16-17-7-3-1-4-8-17)21-15-22(27)26(23(21)28)19-9-5-2-6-10-19/h1-14,21H,15-16H2. The third-order valence-electron chi connectivity index (χ3n) is 5.09. The average molecular weight is 455 g/mol. The van der Waals surface area contributed by atoms with Gasteiger partial charge < -0.3 is 0 Å². The van der Waals surface area contributed by atoms with Crippen LogP contribution < -0.4 is 4.90 Å². The van der Waals surface area contributed by atoms with E-state index in [0.29, 0.717) is 16.3 Å². The summed E-state index contributed by atoms with van der Waals surface area (Å²) in [5.74, 6) is -1.00. The Bertz CT molecular complexity index is 1200. The second-order valence-electron chi connectivity index (χ2n) is 7.11. The van der Waals surface area contributed by atoms with Gasteiger partial charge >= 0.3 is 0 Å². The normalized spacial score (nSPS) is 16.8. The van der Waals surface area contributed by atoms with Gasteiger partial charge in [0.25, 0.3) is 5.91 Å². The summed E-state index contributed by atoms with van der Waals surface area (Å²) in [4.78, 5) is 27.0. The highest BCUT2D eigenvalue weighted by atomic mass is 35.5. The SMILES string of the molecule is O=C1CC(N(Cc2ccccc2)S(=O)(=O)c2ccc(Cl)cc2)C(=O)N1c1ccccc1. The molecule has 1 fully saturated rings. The van der Waals surface area contributed by atoms with Crippen molar-refractivity contribution in [1.82, 2.24) is 4.31 Å². The zero-order valence-electron chi connectivity index (χ0n) is 16.4. The molecule has 1 heterocycles. The number of amides is 2. The first-order chi connectivity index (χ1) is 14.9. The van der Waals surface area contributed by atoms with E-state index in [-0.39, 0.29) is 17.9 Å². The summed E-state index contributed by atoms with van der Waals surface area (Å²) in [5.41, 5.74) is 1.13. The highest BCUT2D eigenvalue weighted by Crippen LogP contribution is 2.30. The highest BCUT2D eigenvalue weighted by Gasteiger charge is 2.46. The lowest BCUT2D eigenvalue weighted by Gasteiger charge is -2.27. The quantitative estimate of drug-likeness (QED) is 0.530. The molecule has 0 spiro atoms. The van der Waals surface area contributed by atoms with E-state index in [4.69, 9.17) is 11.6 Å². The molecule has 3 aromatic carbocycles. The smallest absolute Gasteiger partial charge is 0.252 e. The van der Waals surface area contributed by atoms with E-state index in [1.54, 1.807) is 54.6 Å². The number of carbonyl (C=O) groups excluding carboxylic acids is 2. The molecule has 1 atom stereocenters. The molecule has 6 nitrogen and oxygen atoms in total. The van der Waals surface area contributed by atoms with Crippen LogP contribution in [0.1, 0.15) is 12.0 Å². The lowest BCUT2D eigenvalue weighted by molar-refractivity contribution is -0.122. The van der Waals surface area contributed by atoms with Crippen LogP contribution in [0.3, 0.4) is 0 Å². The number of para-hydroxylation sites is 1. The van der Waals surface area contributed by atoms with Crippen molar-refractivity contribution in [2.45, 2.75) is 23.9 Å². The number of imide groups is 1. The van der Waals surface area contributed by atoms with Crippen LogP contribution in [-0.4, -0.2) is 30.6 Å². The number of anilines is 1. The minimum Gasteiger partial charge on any atom is -0.274 e. The summed E-state index contributed by atoms with van der Waals surface area (Å²) < 4.78 is 28.2. The van der Waals surface area contributed by atoms with E-state index >= 15 is 0 Å². The predicted octanol–water partition coefficient (Wildman–Crippen LogP) is 3.86. The second-order valence-corrected chi connectivity index (χ2v) is 9.44. The molecule has 4 rings (SSSR count). The Balaban J connectivity index is 1.75. The Morgan fingerprint density at radius 1 is 0.871 bits per heavy atom. The zero-order chi connectivity index (χ0) is 22.0. The Kier molecular flexibility index (Phi) is 5.91. The molecule has 0 radical (unpaired) electrons. The Hall–Kier alpha value is -3.00. The number of benzene rings is 3. The third-order valence-corrected chi connectivity index (χ3v) is 7.21. The molecule has 0 bridgehead atoms. The van der Waals surface area contributed by atoms with E-state index in [2.05, 4.69) is 0 Å². The van der Waals surface area contributed by atoms with Gasteiger partial charge in [0.2, 0.25) is 15.9 Å². The number of rotatable bonds is 6. The minimum absolute atomic E-state index is 0.00578. The minimum atomic E-state index is -4.09. The lowest BCUT2D eigenvalue weighted by Crippen LogP contribution is -2.45. The molecule has 3 aromatic rings. The van der Waals surface area contributed by atoms with Gasteiger partial charge in [-0.1, -0.05) is 60.1 Å². The maximum atomic E-state index is 13.5. The van der Waals surface area contributed by atoms with Gasteiger partial charge in [0, 0.05) is 11.6 Å². The van der Waals surface area contributed by atoms with Gasteiger partial charge in [-0.25, -0.2) is 13.3 Å². The fraction of sp³-hybridized carbons (Fsp3) is 0.130. The van der Waals surface area contributed by atoms with E-state index in [1.165, 1.54) is 24.3 Å². The van der Waals surface area contributed by atoms with Crippen LogP contribution in [0.2, 0.25) is 5.02 Å². The molecular formula is C23H19ClN2O4S. The van der Waals surface area contributed by atoms with Crippen molar-refractivity contribution in [1.29, 1.82) is 0 Å². The van der Waals surface area contributed by atoms with E-state index in [0.717, 1.165) is 9.21 Å². The topological polar surface area (TPSA) is 74.8 Å². The van der Waals surface area contributed by atoms with Gasteiger partial charge in [-0.3, -0.25) is 9.59 Å². The van der Waals surface area contributed by atoms with Crippen molar-refractivity contribution in [2.75, 3.05) is 4.90 Å². The first-order valence-corrected chi connectivity index (χ1v) is 11.4. The van der Waals surface area contributed by atoms with Crippen LogP contribution in [0.4, 0.5) is 5.69 Å². The number of carbonyl (C=O) groups is 2. The molecular weight excluding hydrogens is 436 g/mol. The van der Waals surface area contributed by atoms with Gasteiger partial charge in [0.05, 0.1) is 17.0 Å². The highest BCUT2D eigenvalue weighted by molar-refractivity contribution is 7.89. The Morgan fingerprint density at radius 2 is 1.45 bits per heavy atom. The first kappa shape index (κ1) is 21.2. The van der Waals surface area contributed by atoms with Gasteiger partial charge in [-0.15, -0.1) is 0 Å². The Labute approximate surface area is 185 Å². The van der Waals surface area contributed by atoms with Crippen LogP contribution >= 0.6 is 11.6 Å². The first-order valence-electron chi connectivity index (χ1n) is 9.61. The number of hydrogen-bond acceptors (Lipinski definition) is 4. The van der Waals surface area contributed by atoms with Crippen LogP contribution in [-0.2, 0) is 26.2 Å². The molecule has 0 aliphatic carbocycles. The third kappa shape index (κ3) is 4.25. The monoisotopic (exact) mass is 454 g/mol. The molecule has 31 heavy (non-hydrogen) atoms. The summed E-state index contributed by atoms with van der Waals surface area (Å²) in [6.45, 7) is -0.0435. The summed E-state index contributed by atoms with van der Waals surface area (Å²) >= 11 is 5.91. The maximum Gasteiger partial charge on any atom is 0.252 e. The van der Waals surface area contributed by atoms with Crippen molar-refractivity contribution in [3.05, 3.63) is 95.5 Å². The molecule has 1 saturated heterocycles. The number of halogens is 1. The van der Waals surface area contributed by atoms with Crippen LogP contribution in [0, 0.1) is 0 Å². The largest absolute Gasteiger partial charge is 0.274 e. The van der Waals surface area contributed by atoms with Gasteiger partial charge in [-0.05, 0) is 42.0 Å². The van der Waals surface area contributed by atoms with E-state index in [1.807, 2.05) is 6.07 Å². The fourth-order valence-electron chi connectivity index (χ4n) is 3.56. The summed E-state index contributed by atoms with van der Waals surface area (Å²) in [6.07, 6.45) is -0.229. The van der Waals surface area contributed by atoms with Gasteiger partial charge in [-0.2, -0.15) is 4.31 Å². The average Bonchev–Trinajstić information content (AvgIpc) is 3.07. The second kappa shape index (κ2) is 8.63. The summed E-state index contributed by atoms with van der Waals surface area (Å²) in [5, 5.41) is 0.399. The molecule has 1 aliphatic rings. The fourth-order valence-corrected chi connectivity index (χ4v) is 5.25. The molecule has 0 N–H and O–H groups in total. The molecule has 1 aliphatic heterocycles. The predicted molar refractivity (Wildman–Crippen MR) is 118 cm³/mol. The summed E-state index contributed by atoms with van der Waals surface area (Å²) in [6, 6.07) is 22.1. The molecule has 8 heteroatoms. The van der Waals surface area contributed by atoms with Gasteiger partial charge in [0.15, 0.2) is 0 Å². The molecule has 0 saturated carbocycles. The lowest BCUT2D eigenvalue weighted by atomic mass is 10.2. The summed E-state index contributed by atoms with van der Waals surface area (Å²) in [7, 11) is -4.09. The van der Waals surface area contributed by atoms with Crippen molar-refractivity contribution >= 4 is 39.1 Å². The van der Waals surface area contributed by atoms with Gasteiger partial charge in [0.1, 0.15) is 6.04 Å². The van der Waals surface area contributed by atoms with Crippen LogP contribution in [0.5, 0.6) is 0 Å². The van der Waals surface area contributed by atoms with E-state index < -0.39 is 27.9 Å².